The number of amides is 1. The predicted molar refractivity (Wildman–Crippen MR) is 71.0 cm³/mol. The third-order valence-electron chi connectivity index (χ3n) is 4.44. The molecule has 2 N–H and O–H groups in total. The summed E-state index contributed by atoms with van der Waals surface area (Å²) < 4.78 is 13.0. The van der Waals surface area contributed by atoms with Crippen LogP contribution in [0, 0.1) is 17.7 Å². The van der Waals surface area contributed by atoms with E-state index in [0.29, 0.717) is 5.92 Å². The average molecular weight is 262 g/mol. The molecule has 0 radical (unpaired) electrons. The molecule has 3 nitrogen and oxygen atoms in total. The van der Waals surface area contributed by atoms with Crippen LogP contribution in [-0.4, -0.2) is 19.0 Å². The Hall–Kier alpha value is -1.42. The van der Waals surface area contributed by atoms with Gasteiger partial charge in [0.1, 0.15) is 5.82 Å². The Kier molecular flexibility index (Phi) is 3.05. The Morgan fingerprint density at radius 3 is 2.47 bits per heavy atom. The lowest BCUT2D eigenvalue weighted by Gasteiger charge is -2.33. The highest BCUT2D eigenvalue weighted by atomic mass is 19.1. The summed E-state index contributed by atoms with van der Waals surface area (Å²) in [6, 6.07) is 6.47. The van der Waals surface area contributed by atoms with E-state index in [0.717, 1.165) is 31.5 Å². The first kappa shape index (κ1) is 12.6. The standard InChI is InChI=1S/C15H19FN2O/c1-10(11-8-17-9-11)14(19)18-15(6-7-15)12-2-4-13(16)5-3-12/h2-5,10-11,17H,6-9H2,1H3,(H,18,19). The molecule has 1 atom stereocenters. The molecule has 102 valence electrons. The summed E-state index contributed by atoms with van der Waals surface area (Å²) in [6.07, 6.45) is 1.89. The normalized spacial score (nSPS) is 22.4. The number of carbonyl (C=O) groups is 1. The zero-order chi connectivity index (χ0) is 13.5. The number of rotatable bonds is 4. The van der Waals surface area contributed by atoms with E-state index in [1.54, 1.807) is 12.1 Å². The quantitative estimate of drug-likeness (QED) is 0.868. The van der Waals surface area contributed by atoms with E-state index in [2.05, 4.69) is 10.6 Å². The molecule has 2 fully saturated rings. The predicted octanol–water partition coefficient (Wildman–Crippen LogP) is 1.79. The van der Waals surface area contributed by atoms with Gasteiger partial charge in [-0.2, -0.15) is 0 Å². The average Bonchev–Trinajstić information content (AvgIpc) is 3.08. The van der Waals surface area contributed by atoms with Gasteiger partial charge in [0.25, 0.3) is 0 Å². The molecule has 1 aliphatic heterocycles. The van der Waals surface area contributed by atoms with Crippen molar-refractivity contribution in [3.05, 3.63) is 35.6 Å². The first-order chi connectivity index (χ1) is 9.11. The smallest absolute Gasteiger partial charge is 0.223 e. The Bertz CT molecular complexity index is 477. The Morgan fingerprint density at radius 1 is 1.37 bits per heavy atom. The van der Waals surface area contributed by atoms with Gasteiger partial charge in [-0.1, -0.05) is 19.1 Å². The van der Waals surface area contributed by atoms with E-state index >= 15 is 0 Å². The molecule has 1 unspecified atom stereocenters. The van der Waals surface area contributed by atoms with Crippen molar-refractivity contribution in [2.75, 3.05) is 13.1 Å². The lowest BCUT2D eigenvalue weighted by atomic mass is 9.88. The molecule has 2 aliphatic rings. The monoisotopic (exact) mass is 262 g/mol. The molecular weight excluding hydrogens is 243 g/mol. The highest BCUT2D eigenvalue weighted by Gasteiger charge is 2.46. The Morgan fingerprint density at radius 2 is 2.00 bits per heavy atom. The number of halogens is 1. The lowest BCUT2D eigenvalue weighted by Crippen LogP contribution is -2.51. The second-order valence-electron chi connectivity index (χ2n) is 5.79. The lowest BCUT2D eigenvalue weighted by molar-refractivity contribution is -0.127. The molecule has 0 aromatic heterocycles. The van der Waals surface area contributed by atoms with Crippen molar-refractivity contribution in [1.82, 2.24) is 10.6 Å². The van der Waals surface area contributed by atoms with E-state index in [1.165, 1.54) is 12.1 Å². The van der Waals surface area contributed by atoms with Crippen LogP contribution < -0.4 is 10.6 Å². The number of nitrogens with one attached hydrogen (secondary N) is 2. The fourth-order valence-corrected chi connectivity index (χ4v) is 2.61. The van der Waals surface area contributed by atoms with Crippen LogP contribution >= 0.6 is 0 Å². The third-order valence-corrected chi connectivity index (χ3v) is 4.44. The van der Waals surface area contributed by atoms with Crippen LogP contribution in [-0.2, 0) is 10.3 Å². The van der Waals surface area contributed by atoms with Gasteiger partial charge >= 0.3 is 0 Å². The highest BCUT2D eigenvalue weighted by Crippen LogP contribution is 2.45. The zero-order valence-electron chi connectivity index (χ0n) is 11.1. The first-order valence-corrected chi connectivity index (χ1v) is 6.89. The topological polar surface area (TPSA) is 41.1 Å². The molecule has 0 spiro atoms. The van der Waals surface area contributed by atoms with Crippen LogP contribution in [0.5, 0.6) is 0 Å². The largest absolute Gasteiger partial charge is 0.346 e. The molecule has 1 aliphatic carbocycles. The van der Waals surface area contributed by atoms with Crippen molar-refractivity contribution in [2.45, 2.75) is 25.3 Å². The van der Waals surface area contributed by atoms with Crippen LogP contribution in [0.2, 0.25) is 0 Å². The SMILES string of the molecule is CC(C(=O)NC1(c2ccc(F)cc2)CC1)C1CNC1. The van der Waals surface area contributed by atoms with Crippen molar-refractivity contribution in [1.29, 1.82) is 0 Å². The summed E-state index contributed by atoms with van der Waals surface area (Å²) in [5, 5.41) is 6.35. The molecular formula is C15H19FN2O. The number of carbonyl (C=O) groups excluding carboxylic acids is 1. The third kappa shape index (κ3) is 2.37. The van der Waals surface area contributed by atoms with Gasteiger partial charge in [0.05, 0.1) is 5.54 Å². The van der Waals surface area contributed by atoms with Crippen molar-refractivity contribution in [3.63, 3.8) is 0 Å². The van der Waals surface area contributed by atoms with Gasteiger partial charge in [-0.15, -0.1) is 0 Å². The zero-order valence-corrected chi connectivity index (χ0v) is 11.1. The van der Waals surface area contributed by atoms with Crippen molar-refractivity contribution < 1.29 is 9.18 Å². The molecule has 1 heterocycles. The molecule has 1 aromatic carbocycles. The van der Waals surface area contributed by atoms with Crippen LogP contribution in [0.3, 0.4) is 0 Å². The first-order valence-electron chi connectivity index (χ1n) is 6.89. The van der Waals surface area contributed by atoms with Gasteiger partial charge in [-0.25, -0.2) is 4.39 Å². The maximum atomic E-state index is 13.0. The van der Waals surface area contributed by atoms with E-state index in [1.807, 2.05) is 6.92 Å². The molecule has 0 bridgehead atoms. The minimum absolute atomic E-state index is 0.0409. The summed E-state index contributed by atoms with van der Waals surface area (Å²) in [5.74, 6) is 0.372. The molecule has 1 saturated heterocycles. The molecule has 1 saturated carbocycles. The second kappa shape index (κ2) is 4.60. The van der Waals surface area contributed by atoms with Crippen LogP contribution in [0.25, 0.3) is 0 Å². The molecule has 1 amide bonds. The van der Waals surface area contributed by atoms with E-state index in [9.17, 15) is 9.18 Å². The van der Waals surface area contributed by atoms with Crippen molar-refractivity contribution in [2.24, 2.45) is 11.8 Å². The van der Waals surface area contributed by atoms with Crippen LogP contribution in [0.1, 0.15) is 25.3 Å². The molecule has 4 heteroatoms. The second-order valence-corrected chi connectivity index (χ2v) is 5.79. The fraction of sp³-hybridized carbons (Fsp3) is 0.533. The maximum Gasteiger partial charge on any atom is 0.223 e. The van der Waals surface area contributed by atoms with Gasteiger partial charge in [-0.05, 0) is 49.5 Å². The van der Waals surface area contributed by atoms with Gasteiger partial charge in [0.15, 0.2) is 0 Å². The Labute approximate surface area is 112 Å². The van der Waals surface area contributed by atoms with E-state index < -0.39 is 0 Å². The summed E-state index contributed by atoms with van der Waals surface area (Å²) in [7, 11) is 0. The highest BCUT2D eigenvalue weighted by molar-refractivity contribution is 5.80. The molecule has 19 heavy (non-hydrogen) atoms. The molecule has 3 rings (SSSR count). The summed E-state index contributed by atoms with van der Waals surface area (Å²) >= 11 is 0. The van der Waals surface area contributed by atoms with Gasteiger partial charge in [0.2, 0.25) is 5.91 Å². The van der Waals surface area contributed by atoms with Crippen LogP contribution in [0.4, 0.5) is 4.39 Å². The molecule has 1 aromatic rings. The fourth-order valence-electron chi connectivity index (χ4n) is 2.61. The summed E-state index contributed by atoms with van der Waals surface area (Å²) in [6.45, 7) is 3.85. The van der Waals surface area contributed by atoms with Crippen molar-refractivity contribution in [3.8, 4) is 0 Å². The van der Waals surface area contributed by atoms with Gasteiger partial charge < -0.3 is 10.6 Å². The van der Waals surface area contributed by atoms with Crippen molar-refractivity contribution >= 4 is 5.91 Å². The minimum atomic E-state index is -0.240. The minimum Gasteiger partial charge on any atom is -0.346 e. The number of hydrogen-bond acceptors (Lipinski definition) is 2. The summed E-state index contributed by atoms with van der Waals surface area (Å²) in [4.78, 5) is 12.3. The maximum absolute atomic E-state index is 13.0. The van der Waals surface area contributed by atoms with Crippen LogP contribution in [0.15, 0.2) is 24.3 Å². The Balaban J connectivity index is 1.68. The van der Waals surface area contributed by atoms with E-state index in [-0.39, 0.29) is 23.2 Å². The number of hydrogen-bond donors (Lipinski definition) is 2. The van der Waals surface area contributed by atoms with Gasteiger partial charge in [0, 0.05) is 5.92 Å². The number of benzene rings is 1. The van der Waals surface area contributed by atoms with Gasteiger partial charge in [-0.3, -0.25) is 4.79 Å². The van der Waals surface area contributed by atoms with E-state index in [4.69, 9.17) is 0 Å². The summed E-state index contributed by atoms with van der Waals surface area (Å²) in [5.41, 5.74) is 0.775.